The predicted molar refractivity (Wildman–Crippen MR) is 118 cm³/mol. The minimum atomic E-state index is 0.0578. The Balaban J connectivity index is 1.52. The molecule has 30 heavy (non-hydrogen) atoms. The molecule has 4 rings (SSSR count). The van der Waals surface area contributed by atoms with Gasteiger partial charge in [-0.05, 0) is 48.1 Å². The van der Waals surface area contributed by atoms with E-state index in [9.17, 15) is 9.59 Å². The summed E-state index contributed by atoms with van der Waals surface area (Å²) in [6, 6.07) is 10.5. The highest BCUT2D eigenvalue weighted by Crippen LogP contribution is 2.38. The van der Waals surface area contributed by atoms with Crippen LogP contribution in [0.3, 0.4) is 0 Å². The van der Waals surface area contributed by atoms with Gasteiger partial charge in [0, 0.05) is 44.0 Å². The lowest BCUT2D eigenvalue weighted by molar-refractivity contribution is -0.142. The number of methoxy groups -OCH3 is 1. The Kier molecular flexibility index (Phi) is 6.11. The van der Waals surface area contributed by atoms with Crippen molar-refractivity contribution in [3.05, 3.63) is 51.7 Å². The number of thiophene rings is 1. The maximum atomic E-state index is 13.2. The molecule has 1 saturated heterocycles. The first-order valence-electron chi connectivity index (χ1n) is 10.5. The lowest BCUT2D eigenvalue weighted by Gasteiger charge is -2.41. The number of fused-ring (bicyclic) bond motifs is 1. The van der Waals surface area contributed by atoms with E-state index in [1.165, 1.54) is 16.0 Å². The monoisotopic (exact) mass is 427 g/mol. The maximum absolute atomic E-state index is 13.2. The molecule has 2 unspecified atom stereocenters. The quantitative estimate of drug-likeness (QED) is 0.753. The Hall–Kier alpha value is -2.38. The zero-order valence-corrected chi connectivity index (χ0v) is 18.7. The smallest absolute Gasteiger partial charge is 0.236 e. The minimum Gasteiger partial charge on any atom is -0.497 e. The minimum absolute atomic E-state index is 0.0578. The topological polar surface area (TPSA) is 53.1 Å². The highest BCUT2D eigenvalue weighted by molar-refractivity contribution is 7.10. The first-order valence-corrected chi connectivity index (χ1v) is 11.3. The number of hydrogen-bond donors (Lipinski definition) is 0. The van der Waals surface area contributed by atoms with Gasteiger partial charge in [0.15, 0.2) is 0 Å². The number of amides is 2. The molecule has 0 N–H and O–H groups in total. The SMILES string of the molecule is COc1ccc(C2c3ccsc3CCN2CC(=O)N2CCN(C(C)=O)C(C)C2)cc1. The van der Waals surface area contributed by atoms with Crippen LogP contribution < -0.4 is 4.74 Å². The van der Waals surface area contributed by atoms with Crippen LogP contribution in [-0.4, -0.2) is 72.4 Å². The molecule has 3 heterocycles. The average Bonchev–Trinajstić information content (AvgIpc) is 3.22. The maximum Gasteiger partial charge on any atom is 0.236 e. The van der Waals surface area contributed by atoms with E-state index in [0.717, 1.165) is 18.7 Å². The number of rotatable bonds is 4. The van der Waals surface area contributed by atoms with E-state index in [1.807, 2.05) is 28.9 Å². The second-order valence-corrected chi connectivity index (χ2v) is 9.10. The third-order valence-corrected chi connectivity index (χ3v) is 7.22. The highest BCUT2D eigenvalue weighted by Gasteiger charge is 2.34. The normalized spacial score (nSPS) is 22.0. The molecule has 0 aliphatic carbocycles. The van der Waals surface area contributed by atoms with E-state index in [2.05, 4.69) is 28.5 Å². The molecule has 1 aromatic heterocycles. The summed E-state index contributed by atoms with van der Waals surface area (Å²) in [6.07, 6.45) is 0.974. The fourth-order valence-corrected chi connectivity index (χ4v) is 5.54. The van der Waals surface area contributed by atoms with E-state index >= 15 is 0 Å². The molecule has 160 valence electrons. The van der Waals surface area contributed by atoms with Crippen LogP contribution in [0.25, 0.3) is 0 Å². The van der Waals surface area contributed by atoms with Crippen LogP contribution in [0.1, 0.15) is 35.9 Å². The van der Waals surface area contributed by atoms with Gasteiger partial charge < -0.3 is 14.5 Å². The van der Waals surface area contributed by atoms with Crippen molar-refractivity contribution >= 4 is 23.2 Å². The summed E-state index contributed by atoms with van der Waals surface area (Å²) in [6.45, 7) is 6.67. The summed E-state index contributed by atoms with van der Waals surface area (Å²) in [5, 5.41) is 2.15. The Bertz CT molecular complexity index is 911. The van der Waals surface area contributed by atoms with Crippen LogP contribution in [0.15, 0.2) is 35.7 Å². The zero-order chi connectivity index (χ0) is 21.3. The van der Waals surface area contributed by atoms with Crippen LogP contribution in [0.2, 0.25) is 0 Å². The number of piperazine rings is 1. The second kappa shape index (κ2) is 8.78. The molecule has 2 aliphatic rings. The number of carbonyl (C=O) groups excluding carboxylic acids is 2. The first kappa shape index (κ1) is 20.9. The largest absolute Gasteiger partial charge is 0.497 e. The van der Waals surface area contributed by atoms with Gasteiger partial charge in [-0.1, -0.05) is 12.1 Å². The summed E-state index contributed by atoms with van der Waals surface area (Å²) < 4.78 is 5.32. The third kappa shape index (κ3) is 4.09. The van der Waals surface area contributed by atoms with E-state index in [4.69, 9.17) is 4.74 Å². The van der Waals surface area contributed by atoms with Crippen molar-refractivity contribution in [1.29, 1.82) is 0 Å². The van der Waals surface area contributed by atoms with Gasteiger partial charge in [0.05, 0.1) is 19.7 Å². The van der Waals surface area contributed by atoms with Gasteiger partial charge in [0.2, 0.25) is 11.8 Å². The van der Waals surface area contributed by atoms with Crippen LogP contribution in [0.5, 0.6) is 5.75 Å². The van der Waals surface area contributed by atoms with Crippen molar-refractivity contribution in [3.63, 3.8) is 0 Å². The lowest BCUT2D eigenvalue weighted by atomic mass is 9.93. The molecule has 2 amide bonds. The molecule has 0 saturated carbocycles. The summed E-state index contributed by atoms with van der Waals surface area (Å²) >= 11 is 1.80. The molecule has 2 atom stereocenters. The fourth-order valence-electron chi connectivity index (χ4n) is 4.64. The Morgan fingerprint density at radius 1 is 1.13 bits per heavy atom. The molecule has 1 aromatic carbocycles. The van der Waals surface area contributed by atoms with Crippen LogP contribution in [-0.2, 0) is 16.0 Å². The molecule has 0 bridgehead atoms. The van der Waals surface area contributed by atoms with E-state index < -0.39 is 0 Å². The van der Waals surface area contributed by atoms with E-state index in [-0.39, 0.29) is 23.9 Å². The van der Waals surface area contributed by atoms with Crippen molar-refractivity contribution in [2.75, 3.05) is 39.8 Å². The molecule has 2 aromatic rings. The van der Waals surface area contributed by atoms with Gasteiger partial charge in [-0.25, -0.2) is 0 Å². The van der Waals surface area contributed by atoms with Crippen molar-refractivity contribution in [2.45, 2.75) is 32.4 Å². The van der Waals surface area contributed by atoms with E-state index in [1.54, 1.807) is 25.4 Å². The van der Waals surface area contributed by atoms with Crippen molar-refractivity contribution < 1.29 is 14.3 Å². The molecule has 1 fully saturated rings. The van der Waals surface area contributed by atoms with Crippen molar-refractivity contribution in [1.82, 2.24) is 14.7 Å². The second-order valence-electron chi connectivity index (χ2n) is 8.10. The lowest BCUT2D eigenvalue weighted by Crippen LogP contribution is -2.56. The summed E-state index contributed by atoms with van der Waals surface area (Å²) in [7, 11) is 1.67. The average molecular weight is 428 g/mol. The summed E-state index contributed by atoms with van der Waals surface area (Å²) in [5.41, 5.74) is 2.48. The number of carbonyl (C=O) groups is 2. The van der Waals surface area contributed by atoms with E-state index in [0.29, 0.717) is 26.2 Å². The standard InChI is InChI=1S/C23H29N3O3S/c1-16-14-24(11-12-26(16)17(2)27)22(28)15-25-10-8-21-20(9-13-30-21)23(25)18-4-6-19(29-3)7-5-18/h4-7,9,13,16,23H,8,10-12,14-15H2,1-3H3. The van der Waals surface area contributed by atoms with Gasteiger partial charge in [-0.15, -0.1) is 11.3 Å². The summed E-state index contributed by atoms with van der Waals surface area (Å²) in [5.74, 6) is 1.05. The molecule has 7 heteroatoms. The van der Waals surface area contributed by atoms with Gasteiger partial charge in [-0.2, -0.15) is 0 Å². The van der Waals surface area contributed by atoms with Crippen molar-refractivity contribution in [2.24, 2.45) is 0 Å². The number of ether oxygens (including phenoxy) is 1. The summed E-state index contributed by atoms with van der Waals surface area (Å²) in [4.78, 5) is 32.4. The van der Waals surface area contributed by atoms with Crippen LogP contribution in [0, 0.1) is 0 Å². The number of hydrogen-bond acceptors (Lipinski definition) is 5. The molecule has 6 nitrogen and oxygen atoms in total. The number of nitrogens with zero attached hydrogens (tertiary/aromatic N) is 3. The molecule has 2 aliphatic heterocycles. The third-order valence-electron chi connectivity index (χ3n) is 6.22. The van der Waals surface area contributed by atoms with Gasteiger partial charge >= 0.3 is 0 Å². The molecule has 0 radical (unpaired) electrons. The first-order chi connectivity index (χ1) is 14.5. The molecular formula is C23H29N3O3S. The molecular weight excluding hydrogens is 398 g/mol. The molecule has 0 spiro atoms. The fraction of sp³-hybridized carbons (Fsp3) is 0.478. The Labute approximate surface area is 182 Å². The van der Waals surface area contributed by atoms with Crippen LogP contribution >= 0.6 is 11.3 Å². The van der Waals surface area contributed by atoms with Gasteiger partial charge in [0.1, 0.15) is 5.75 Å². The Morgan fingerprint density at radius 2 is 1.90 bits per heavy atom. The predicted octanol–water partition coefficient (Wildman–Crippen LogP) is 2.78. The zero-order valence-electron chi connectivity index (χ0n) is 17.8. The van der Waals surface area contributed by atoms with Crippen molar-refractivity contribution in [3.8, 4) is 5.75 Å². The number of benzene rings is 1. The Morgan fingerprint density at radius 3 is 2.57 bits per heavy atom. The van der Waals surface area contributed by atoms with Gasteiger partial charge in [-0.3, -0.25) is 14.5 Å². The highest BCUT2D eigenvalue weighted by atomic mass is 32.1. The van der Waals surface area contributed by atoms with Crippen LogP contribution in [0.4, 0.5) is 0 Å². The van der Waals surface area contributed by atoms with Gasteiger partial charge in [0.25, 0.3) is 0 Å².